The summed E-state index contributed by atoms with van der Waals surface area (Å²) >= 11 is 1.63. The van der Waals surface area contributed by atoms with E-state index in [9.17, 15) is 4.79 Å². The lowest BCUT2D eigenvalue weighted by Gasteiger charge is -2.15. The van der Waals surface area contributed by atoms with Gasteiger partial charge in [-0.2, -0.15) is 0 Å². The third-order valence-corrected chi connectivity index (χ3v) is 5.50. The maximum Gasteiger partial charge on any atom is 0.265 e. The van der Waals surface area contributed by atoms with Crippen LogP contribution in [0.3, 0.4) is 0 Å². The van der Waals surface area contributed by atoms with Gasteiger partial charge in [0.25, 0.3) is 5.91 Å². The summed E-state index contributed by atoms with van der Waals surface area (Å²) in [5.74, 6) is 1.13. The Hall–Kier alpha value is -3.38. The molecule has 1 N–H and O–H groups in total. The molecule has 4 aromatic rings. The first-order valence-electron chi connectivity index (χ1n) is 9.20. The van der Waals surface area contributed by atoms with E-state index in [0.717, 1.165) is 26.5 Å². The largest absolute Gasteiger partial charge is 0.497 e. The summed E-state index contributed by atoms with van der Waals surface area (Å²) in [5.41, 5.74) is 2.65. The summed E-state index contributed by atoms with van der Waals surface area (Å²) in [6.07, 6.45) is -0.644. The Morgan fingerprint density at radius 3 is 2.52 bits per heavy atom. The number of carbonyl (C=O) groups excluding carboxylic acids is 1. The molecule has 6 heteroatoms. The molecule has 4 rings (SSSR count). The molecule has 0 spiro atoms. The summed E-state index contributed by atoms with van der Waals surface area (Å²) in [4.78, 5) is 17.2. The topological polar surface area (TPSA) is 60.5 Å². The number of anilines is 1. The molecular weight excluding hydrogens is 384 g/mol. The summed E-state index contributed by atoms with van der Waals surface area (Å²) in [5, 5.41) is 3.84. The second-order valence-corrected chi connectivity index (χ2v) is 7.52. The molecule has 0 aliphatic carbocycles. The quantitative estimate of drug-likeness (QED) is 0.469. The molecule has 3 aromatic carbocycles. The molecule has 1 amide bonds. The molecule has 1 atom stereocenters. The van der Waals surface area contributed by atoms with E-state index in [1.807, 2.05) is 42.5 Å². The third-order valence-electron chi connectivity index (χ3n) is 4.41. The van der Waals surface area contributed by atoms with Crippen LogP contribution in [-0.4, -0.2) is 24.1 Å². The second-order valence-electron chi connectivity index (χ2n) is 6.49. The average molecular weight is 404 g/mol. The van der Waals surface area contributed by atoms with Crippen molar-refractivity contribution in [3.63, 3.8) is 0 Å². The lowest BCUT2D eigenvalue weighted by Crippen LogP contribution is -2.30. The van der Waals surface area contributed by atoms with Crippen LogP contribution in [-0.2, 0) is 4.79 Å². The number of nitrogens with one attached hydrogen (secondary N) is 1. The highest BCUT2D eigenvalue weighted by molar-refractivity contribution is 7.21. The summed E-state index contributed by atoms with van der Waals surface area (Å²) in [7, 11) is 1.61. The zero-order valence-electron chi connectivity index (χ0n) is 16.1. The summed E-state index contributed by atoms with van der Waals surface area (Å²) < 4.78 is 12.0. The molecule has 0 aliphatic heterocycles. The van der Waals surface area contributed by atoms with Gasteiger partial charge in [0, 0.05) is 11.3 Å². The number of nitrogens with zero attached hydrogens (tertiary/aromatic N) is 1. The van der Waals surface area contributed by atoms with Gasteiger partial charge in [0.1, 0.15) is 16.5 Å². The lowest BCUT2D eigenvalue weighted by atomic mass is 10.2. The lowest BCUT2D eigenvalue weighted by molar-refractivity contribution is -0.122. The van der Waals surface area contributed by atoms with Gasteiger partial charge in [-0.1, -0.05) is 24.3 Å². The number of methoxy groups -OCH3 is 1. The molecule has 1 aromatic heterocycles. The van der Waals surface area contributed by atoms with Gasteiger partial charge in [0.15, 0.2) is 6.10 Å². The first kappa shape index (κ1) is 19.0. The van der Waals surface area contributed by atoms with Crippen LogP contribution >= 0.6 is 11.3 Å². The minimum absolute atomic E-state index is 0.220. The smallest absolute Gasteiger partial charge is 0.265 e. The number of amides is 1. The van der Waals surface area contributed by atoms with E-state index in [4.69, 9.17) is 9.47 Å². The van der Waals surface area contributed by atoms with Crippen molar-refractivity contribution in [3.8, 4) is 22.1 Å². The van der Waals surface area contributed by atoms with Crippen LogP contribution in [0.5, 0.6) is 11.5 Å². The first-order chi connectivity index (χ1) is 14.1. The first-order valence-corrected chi connectivity index (χ1v) is 10.0. The van der Waals surface area contributed by atoms with Crippen LogP contribution in [0.25, 0.3) is 20.8 Å². The fourth-order valence-electron chi connectivity index (χ4n) is 2.88. The van der Waals surface area contributed by atoms with Gasteiger partial charge in [-0.3, -0.25) is 4.79 Å². The Morgan fingerprint density at radius 1 is 1.00 bits per heavy atom. The minimum atomic E-state index is -0.644. The molecule has 0 radical (unpaired) electrons. The monoisotopic (exact) mass is 404 g/mol. The number of aromatic nitrogens is 1. The van der Waals surface area contributed by atoms with Crippen LogP contribution in [0.2, 0.25) is 0 Å². The molecule has 0 bridgehead atoms. The molecule has 0 aliphatic rings. The van der Waals surface area contributed by atoms with E-state index in [-0.39, 0.29) is 5.91 Å². The molecule has 5 nitrogen and oxygen atoms in total. The predicted octanol–water partition coefficient (Wildman–Crippen LogP) is 5.38. The Labute approximate surface area is 172 Å². The van der Waals surface area contributed by atoms with Crippen molar-refractivity contribution in [1.29, 1.82) is 0 Å². The number of benzene rings is 3. The SMILES string of the molecule is COc1ccc(OC(C)C(=O)Nc2cccc(-c3nc4ccccc4s3)c2)cc1. The van der Waals surface area contributed by atoms with Gasteiger partial charge in [-0.15, -0.1) is 11.3 Å². The highest BCUT2D eigenvalue weighted by Gasteiger charge is 2.15. The van der Waals surface area contributed by atoms with Gasteiger partial charge in [-0.25, -0.2) is 4.98 Å². The average Bonchev–Trinajstić information content (AvgIpc) is 3.19. The van der Waals surface area contributed by atoms with Crippen molar-refractivity contribution in [2.45, 2.75) is 13.0 Å². The standard InChI is InChI=1S/C23H20N2O3S/c1-15(28-19-12-10-18(27-2)11-13-19)22(26)24-17-7-5-6-16(14-17)23-25-20-8-3-4-9-21(20)29-23/h3-15H,1-2H3,(H,24,26). The summed E-state index contributed by atoms with van der Waals surface area (Å²) in [6, 6.07) is 22.9. The van der Waals surface area contributed by atoms with Crippen molar-refractivity contribution in [2.24, 2.45) is 0 Å². The van der Waals surface area contributed by atoms with Crippen LogP contribution in [0.4, 0.5) is 5.69 Å². The molecule has 1 heterocycles. The Bertz CT molecular complexity index is 1110. The summed E-state index contributed by atoms with van der Waals surface area (Å²) in [6.45, 7) is 1.72. The number of rotatable bonds is 6. The predicted molar refractivity (Wildman–Crippen MR) is 117 cm³/mol. The van der Waals surface area contributed by atoms with Crippen LogP contribution < -0.4 is 14.8 Å². The number of para-hydroxylation sites is 1. The van der Waals surface area contributed by atoms with Gasteiger partial charge in [0.05, 0.1) is 17.3 Å². The van der Waals surface area contributed by atoms with E-state index in [1.165, 1.54) is 0 Å². The minimum Gasteiger partial charge on any atom is -0.497 e. The van der Waals surface area contributed by atoms with E-state index >= 15 is 0 Å². The van der Waals surface area contributed by atoms with Crippen molar-refractivity contribution < 1.29 is 14.3 Å². The van der Waals surface area contributed by atoms with E-state index in [1.54, 1.807) is 49.6 Å². The van der Waals surface area contributed by atoms with Crippen molar-refractivity contribution >= 4 is 33.1 Å². The maximum absolute atomic E-state index is 12.6. The number of ether oxygens (including phenoxy) is 2. The fraction of sp³-hybridized carbons (Fsp3) is 0.130. The number of hydrogen-bond donors (Lipinski definition) is 1. The zero-order valence-corrected chi connectivity index (χ0v) is 16.9. The molecule has 146 valence electrons. The third kappa shape index (κ3) is 4.38. The van der Waals surface area contributed by atoms with Gasteiger partial charge >= 0.3 is 0 Å². The second kappa shape index (κ2) is 8.32. The fourth-order valence-corrected chi connectivity index (χ4v) is 3.84. The van der Waals surface area contributed by atoms with Gasteiger partial charge in [0.2, 0.25) is 0 Å². The number of hydrogen-bond acceptors (Lipinski definition) is 5. The van der Waals surface area contributed by atoms with Gasteiger partial charge in [-0.05, 0) is 55.5 Å². The molecule has 0 saturated carbocycles. The van der Waals surface area contributed by atoms with E-state index < -0.39 is 6.10 Å². The Balaban J connectivity index is 1.45. The highest BCUT2D eigenvalue weighted by Crippen LogP contribution is 2.31. The van der Waals surface area contributed by atoms with Crippen molar-refractivity contribution in [3.05, 3.63) is 72.8 Å². The van der Waals surface area contributed by atoms with Crippen LogP contribution in [0.1, 0.15) is 6.92 Å². The number of carbonyl (C=O) groups is 1. The zero-order chi connectivity index (χ0) is 20.2. The molecule has 0 fully saturated rings. The number of fused-ring (bicyclic) bond motifs is 1. The van der Waals surface area contributed by atoms with E-state index in [0.29, 0.717) is 11.4 Å². The van der Waals surface area contributed by atoms with Crippen molar-refractivity contribution in [1.82, 2.24) is 4.98 Å². The molecule has 0 saturated heterocycles. The highest BCUT2D eigenvalue weighted by atomic mass is 32.1. The normalized spacial score (nSPS) is 11.8. The Kier molecular flexibility index (Phi) is 5.44. The van der Waals surface area contributed by atoms with Crippen LogP contribution in [0, 0.1) is 0 Å². The molecular formula is C23H20N2O3S. The van der Waals surface area contributed by atoms with Crippen molar-refractivity contribution in [2.75, 3.05) is 12.4 Å². The molecule has 1 unspecified atom stereocenters. The van der Waals surface area contributed by atoms with Crippen LogP contribution in [0.15, 0.2) is 72.8 Å². The number of thiazole rings is 1. The van der Waals surface area contributed by atoms with Gasteiger partial charge < -0.3 is 14.8 Å². The Morgan fingerprint density at radius 2 is 1.76 bits per heavy atom. The molecule has 29 heavy (non-hydrogen) atoms. The van der Waals surface area contributed by atoms with E-state index in [2.05, 4.69) is 16.4 Å². The maximum atomic E-state index is 12.6.